The van der Waals surface area contributed by atoms with Gasteiger partial charge in [0.2, 0.25) is 0 Å². The molecule has 0 unspecified atom stereocenters. The number of hydrogen-bond acceptors (Lipinski definition) is 1. The van der Waals surface area contributed by atoms with Crippen molar-refractivity contribution in [2.45, 2.75) is 38.5 Å². The highest BCUT2D eigenvalue weighted by Gasteiger charge is 1.93. The molecule has 0 N–H and O–H groups in total. The van der Waals surface area contributed by atoms with E-state index in [9.17, 15) is 4.57 Å². The summed E-state index contributed by atoms with van der Waals surface area (Å²) in [4.78, 5) is 0. The van der Waals surface area contributed by atoms with Crippen LogP contribution in [-0.4, -0.2) is 6.16 Å². The summed E-state index contributed by atoms with van der Waals surface area (Å²) in [7, 11) is 0.305. The third-order valence-corrected chi connectivity index (χ3v) is 3.06. The predicted molar refractivity (Wildman–Crippen MR) is 65.7 cm³/mol. The van der Waals surface area contributed by atoms with Gasteiger partial charge in [-0.25, -0.2) is 0 Å². The molecule has 0 spiro atoms. The molecular weight excluding hydrogens is 203 g/mol. The lowest BCUT2D eigenvalue weighted by atomic mass is 10.1. The third-order valence-electron chi connectivity index (χ3n) is 2.56. The third kappa shape index (κ3) is 6.41. The van der Waals surface area contributed by atoms with Gasteiger partial charge in [0.25, 0.3) is 0 Å². The Morgan fingerprint density at radius 3 is 2.27 bits per heavy atom. The summed E-state index contributed by atoms with van der Waals surface area (Å²) in [6, 6.07) is 10.6. The van der Waals surface area contributed by atoms with Gasteiger partial charge in [0.05, 0.1) is 0 Å². The fraction of sp³-hybridized carbons (Fsp3) is 0.538. The lowest BCUT2D eigenvalue weighted by molar-refractivity contribution is 0.592. The summed E-state index contributed by atoms with van der Waals surface area (Å²) in [5, 5.41) is 0. The summed E-state index contributed by atoms with van der Waals surface area (Å²) in [6.07, 6.45) is 8.21. The smallest absolute Gasteiger partial charge is 0.155 e. The molecular formula is C13H19OP. The Morgan fingerprint density at radius 1 is 0.867 bits per heavy atom. The van der Waals surface area contributed by atoms with E-state index in [-0.39, 0.29) is 0 Å². The lowest BCUT2D eigenvalue weighted by Crippen LogP contribution is -1.85. The quantitative estimate of drug-likeness (QED) is 0.468. The van der Waals surface area contributed by atoms with Crippen LogP contribution >= 0.6 is 8.46 Å². The molecule has 82 valence electrons. The Labute approximate surface area is 94.1 Å². The molecule has 1 rings (SSSR count). The fourth-order valence-electron chi connectivity index (χ4n) is 1.68. The van der Waals surface area contributed by atoms with E-state index in [4.69, 9.17) is 0 Å². The summed E-state index contributed by atoms with van der Waals surface area (Å²) >= 11 is 0. The molecule has 1 aromatic rings. The minimum atomic E-state index is 0.305. The Morgan fingerprint density at radius 2 is 1.53 bits per heavy atom. The molecule has 0 aromatic heterocycles. The minimum absolute atomic E-state index is 0.305. The number of rotatable bonds is 8. The maximum Gasteiger partial charge on any atom is 0.155 e. The van der Waals surface area contributed by atoms with Crippen LogP contribution < -0.4 is 0 Å². The highest BCUT2D eigenvalue weighted by atomic mass is 31.1. The zero-order valence-corrected chi connectivity index (χ0v) is 10.1. The zero-order valence-electron chi connectivity index (χ0n) is 9.19. The monoisotopic (exact) mass is 222 g/mol. The van der Waals surface area contributed by atoms with Crippen LogP contribution in [0.15, 0.2) is 30.3 Å². The molecule has 0 amide bonds. The maximum absolute atomic E-state index is 10.2. The summed E-state index contributed by atoms with van der Waals surface area (Å²) < 4.78 is 10.2. The van der Waals surface area contributed by atoms with Gasteiger partial charge in [0.15, 0.2) is 8.46 Å². The molecule has 0 heterocycles. The van der Waals surface area contributed by atoms with Crippen LogP contribution in [0.2, 0.25) is 0 Å². The average molecular weight is 222 g/mol. The molecule has 0 aliphatic heterocycles. The molecule has 0 radical (unpaired) electrons. The van der Waals surface area contributed by atoms with E-state index in [2.05, 4.69) is 30.3 Å². The Bertz CT molecular complexity index is 258. The van der Waals surface area contributed by atoms with E-state index in [0.717, 1.165) is 12.6 Å². The van der Waals surface area contributed by atoms with Crippen molar-refractivity contribution in [3.05, 3.63) is 35.9 Å². The van der Waals surface area contributed by atoms with Crippen LogP contribution in [0.25, 0.3) is 0 Å². The summed E-state index contributed by atoms with van der Waals surface area (Å²) in [6.45, 7) is 0. The standard InChI is InChI=1S/C13H19OP/c14-15-12-8-3-1-2-5-9-13-10-6-4-7-11-13/h4,6-7,10-11H,1-3,5,8-9,12H2. The molecule has 15 heavy (non-hydrogen) atoms. The second-order valence-electron chi connectivity index (χ2n) is 3.86. The van der Waals surface area contributed by atoms with Gasteiger partial charge in [-0.1, -0.05) is 49.6 Å². The molecule has 0 aliphatic rings. The first-order chi connectivity index (χ1) is 7.43. The number of unbranched alkanes of at least 4 members (excludes halogenated alkanes) is 4. The largest absolute Gasteiger partial charge is 0.275 e. The van der Waals surface area contributed by atoms with Crippen LogP contribution in [0.3, 0.4) is 0 Å². The number of benzene rings is 1. The maximum atomic E-state index is 10.2. The average Bonchev–Trinajstić information content (AvgIpc) is 2.29. The van der Waals surface area contributed by atoms with Crippen molar-refractivity contribution >= 4 is 8.46 Å². The second-order valence-corrected chi connectivity index (χ2v) is 4.56. The van der Waals surface area contributed by atoms with E-state index in [1.54, 1.807) is 0 Å². The van der Waals surface area contributed by atoms with Crippen molar-refractivity contribution in [3.8, 4) is 0 Å². The minimum Gasteiger partial charge on any atom is -0.275 e. The van der Waals surface area contributed by atoms with Gasteiger partial charge in [-0.05, 0) is 24.8 Å². The van der Waals surface area contributed by atoms with Crippen molar-refractivity contribution < 1.29 is 4.57 Å². The number of aryl methyl sites for hydroxylation is 1. The van der Waals surface area contributed by atoms with E-state index in [1.807, 2.05) is 0 Å². The van der Waals surface area contributed by atoms with Gasteiger partial charge < -0.3 is 0 Å². The highest BCUT2D eigenvalue weighted by molar-refractivity contribution is 7.23. The lowest BCUT2D eigenvalue weighted by Gasteiger charge is -2.01. The molecule has 0 atom stereocenters. The zero-order chi connectivity index (χ0) is 10.8. The van der Waals surface area contributed by atoms with Gasteiger partial charge in [0, 0.05) is 6.16 Å². The van der Waals surface area contributed by atoms with Crippen molar-refractivity contribution in [1.29, 1.82) is 0 Å². The van der Waals surface area contributed by atoms with Gasteiger partial charge in [-0.15, -0.1) is 0 Å². The Kier molecular flexibility index (Phi) is 7.12. The normalized spacial score (nSPS) is 10.7. The molecule has 0 fully saturated rings. The molecule has 0 saturated carbocycles. The second kappa shape index (κ2) is 8.61. The van der Waals surface area contributed by atoms with Gasteiger partial charge in [-0.3, -0.25) is 4.57 Å². The Balaban J connectivity index is 1.95. The van der Waals surface area contributed by atoms with E-state index in [0.29, 0.717) is 8.46 Å². The SMILES string of the molecule is O=PCCCCCCCc1ccccc1. The van der Waals surface area contributed by atoms with Crippen LogP contribution in [0, 0.1) is 0 Å². The highest BCUT2D eigenvalue weighted by Crippen LogP contribution is 2.09. The predicted octanol–water partition coefficient (Wildman–Crippen LogP) is 4.47. The van der Waals surface area contributed by atoms with E-state index >= 15 is 0 Å². The van der Waals surface area contributed by atoms with Crippen LogP contribution in [0.5, 0.6) is 0 Å². The van der Waals surface area contributed by atoms with Gasteiger partial charge in [-0.2, -0.15) is 0 Å². The molecule has 1 nitrogen and oxygen atoms in total. The van der Waals surface area contributed by atoms with Crippen LogP contribution in [-0.2, 0) is 11.0 Å². The van der Waals surface area contributed by atoms with Crippen molar-refractivity contribution in [3.63, 3.8) is 0 Å². The molecule has 0 aliphatic carbocycles. The van der Waals surface area contributed by atoms with Crippen LogP contribution in [0.4, 0.5) is 0 Å². The first-order valence-electron chi connectivity index (χ1n) is 5.76. The molecule has 1 aromatic carbocycles. The number of hydrogen-bond donors (Lipinski definition) is 0. The van der Waals surface area contributed by atoms with E-state index < -0.39 is 0 Å². The van der Waals surface area contributed by atoms with Gasteiger partial charge in [0.1, 0.15) is 0 Å². The van der Waals surface area contributed by atoms with E-state index in [1.165, 1.54) is 37.7 Å². The molecule has 2 heteroatoms. The first kappa shape index (κ1) is 12.4. The van der Waals surface area contributed by atoms with Crippen molar-refractivity contribution in [1.82, 2.24) is 0 Å². The van der Waals surface area contributed by atoms with Crippen LogP contribution in [0.1, 0.15) is 37.7 Å². The summed E-state index contributed by atoms with van der Waals surface area (Å²) in [5.74, 6) is 0. The molecule has 0 saturated heterocycles. The van der Waals surface area contributed by atoms with Gasteiger partial charge >= 0.3 is 0 Å². The first-order valence-corrected chi connectivity index (χ1v) is 6.76. The molecule has 0 bridgehead atoms. The van der Waals surface area contributed by atoms with Crippen molar-refractivity contribution in [2.24, 2.45) is 0 Å². The summed E-state index contributed by atoms with van der Waals surface area (Å²) in [5.41, 5.74) is 1.44. The fourth-order valence-corrected chi connectivity index (χ4v) is 2.03. The van der Waals surface area contributed by atoms with Crippen molar-refractivity contribution in [2.75, 3.05) is 6.16 Å². The topological polar surface area (TPSA) is 17.1 Å². The Hall–Kier alpha value is -0.680.